The third kappa shape index (κ3) is 4.56. The van der Waals surface area contributed by atoms with Crippen molar-refractivity contribution in [3.05, 3.63) is 51.8 Å². The number of ether oxygens (including phenoxy) is 3. The Hall–Kier alpha value is -3.36. The van der Waals surface area contributed by atoms with Crippen LogP contribution in [0.3, 0.4) is 0 Å². The van der Waals surface area contributed by atoms with Crippen molar-refractivity contribution in [3.63, 3.8) is 0 Å². The van der Waals surface area contributed by atoms with Gasteiger partial charge in [0.25, 0.3) is 11.6 Å². The molecular weight excluding hydrogens is 378 g/mol. The van der Waals surface area contributed by atoms with Crippen molar-refractivity contribution < 1.29 is 23.9 Å². The van der Waals surface area contributed by atoms with Crippen LogP contribution in [0.15, 0.2) is 30.5 Å². The minimum absolute atomic E-state index is 0.0187. The molecule has 29 heavy (non-hydrogen) atoms. The van der Waals surface area contributed by atoms with Gasteiger partial charge in [-0.2, -0.15) is 0 Å². The summed E-state index contributed by atoms with van der Waals surface area (Å²) in [5.41, 5.74) is 0.584. The Morgan fingerprint density at radius 3 is 2.38 bits per heavy atom. The van der Waals surface area contributed by atoms with Crippen molar-refractivity contribution in [3.8, 4) is 17.2 Å². The number of aromatic nitrogens is 1. The van der Waals surface area contributed by atoms with Crippen molar-refractivity contribution in [2.45, 2.75) is 25.9 Å². The van der Waals surface area contributed by atoms with Crippen LogP contribution in [0.1, 0.15) is 28.9 Å². The number of hydrogen-bond acceptors (Lipinski definition) is 7. The first-order valence-electron chi connectivity index (χ1n) is 9.22. The largest absolute Gasteiger partial charge is 0.493 e. The minimum Gasteiger partial charge on any atom is -0.493 e. The number of likely N-dealkylation sites (tertiary alicyclic amines) is 1. The summed E-state index contributed by atoms with van der Waals surface area (Å²) in [5, 5.41) is 11.5. The molecule has 2 aromatic rings. The van der Waals surface area contributed by atoms with E-state index in [4.69, 9.17) is 14.2 Å². The highest BCUT2D eigenvalue weighted by molar-refractivity contribution is 5.99. The molecule has 0 unspecified atom stereocenters. The van der Waals surface area contributed by atoms with Gasteiger partial charge in [0, 0.05) is 37.7 Å². The summed E-state index contributed by atoms with van der Waals surface area (Å²) in [6.45, 7) is 2.78. The Morgan fingerprint density at radius 2 is 1.83 bits per heavy atom. The topological polar surface area (TPSA) is 104 Å². The van der Waals surface area contributed by atoms with E-state index in [1.165, 1.54) is 26.4 Å². The number of nitro benzene ring substituents is 1. The number of aryl methyl sites for hydroxylation is 1. The standard InChI is InChI=1S/C20H23N3O6/c1-13-4-5-15(12-21-13)29-14-6-8-22(9-7-14)20(24)16-10-18(27-2)19(28-3)11-17(16)23(25)26/h4-5,10-12,14H,6-9H2,1-3H3. The number of benzene rings is 1. The van der Waals surface area contributed by atoms with Crippen molar-refractivity contribution in [2.75, 3.05) is 27.3 Å². The van der Waals surface area contributed by atoms with E-state index in [0.29, 0.717) is 31.7 Å². The van der Waals surface area contributed by atoms with Crippen molar-refractivity contribution in [2.24, 2.45) is 0 Å². The molecule has 1 fully saturated rings. The molecule has 0 atom stereocenters. The molecule has 1 aliphatic heterocycles. The highest BCUT2D eigenvalue weighted by atomic mass is 16.6. The van der Waals surface area contributed by atoms with Gasteiger partial charge in [0.15, 0.2) is 11.5 Å². The average molecular weight is 401 g/mol. The lowest BCUT2D eigenvalue weighted by Gasteiger charge is -2.32. The smallest absolute Gasteiger partial charge is 0.286 e. The lowest BCUT2D eigenvalue weighted by Crippen LogP contribution is -2.42. The Labute approximate surface area is 168 Å². The molecule has 0 N–H and O–H groups in total. The third-order valence-corrected chi connectivity index (χ3v) is 4.85. The first-order valence-corrected chi connectivity index (χ1v) is 9.22. The molecule has 9 nitrogen and oxygen atoms in total. The van der Waals surface area contributed by atoms with Gasteiger partial charge in [-0.1, -0.05) is 0 Å². The van der Waals surface area contributed by atoms with Crippen molar-refractivity contribution in [1.29, 1.82) is 0 Å². The van der Waals surface area contributed by atoms with Crippen LogP contribution in [0, 0.1) is 17.0 Å². The van der Waals surface area contributed by atoms with Gasteiger partial charge in [0.1, 0.15) is 17.4 Å². The number of rotatable bonds is 6. The van der Waals surface area contributed by atoms with Crippen LogP contribution in [0.4, 0.5) is 5.69 Å². The summed E-state index contributed by atoms with van der Waals surface area (Å²) in [6.07, 6.45) is 2.89. The number of hydrogen-bond donors (Lipinski definition) is 0. The maximum atomic E-state index is 13.0. The van der Waals surface area contributed by atoms with E-state index in [0.717, 1.165) is 5.69 Å². The van der Waals surface area contributed by atoms with E-state index in [1.807, 2.05) is 19.1 Å². The fourth-order valence-corrected chi connectivity index (χ4v) is 3.25. The second-order valence-electron chi connectivity index (χ2n) is 6.73. The molecule has 0 bridgehead atoms. The highest BCUT2D eigenvalue weighted by Gasteiger charge is 2.30. The number of nitro groups is 1. The molecular formula is C20H23N3O6. The Morgan fingerprint density at radius 1 is 1.17 bits per heavy atom. The van der Waals surface area contributed by atoms with E-state index in [9.17, 15) is 14.9 Å². The van der Waals surface area contributed by atoms with Gasteiger partial charge < -0.3 is 19.1 Å². The van der Waals surface area contributed by atoms with Crippen LogP contribution >= 0.6 is 0 Å². The fraction of sp³-hybridized carbons (Fsp3) is 0.400. The zero-order valence-corrected chi connectivity index (χ0v) is 16.6. The molecule has 1 aromatic heterocycles. The SMILES string of the molecule is COc1cc(C(=O)N2CCC(Oc3ccc(C)nc3)CC2)c([N+](=O)[O-])cc1OC. The summed E-state index contributed by atoms with van der Waals surface area (Å²) >= 11 is 0. The number of pyridine rings is 1. The second-order valence-corrected chi connectivity index (χ2v) is 6.73. The number of methoxy groups -OCH3 is 2. The van der Waals surface area contributed by atoms with Crippen molar-refractivity contribution in [1.82, 2.24) is 9.88 Å². The minimum atomic E-state index is -0.588. The number of carbonyl (C=O) groups excluding carboxylic acids is 1. The van der Waals surface area contributed by atoms with Gasteiger partial charge in [-0.25, -0.2) is 0 Å². The summed E-state index contributed by atoms with van der Waals surface area (Å²) < 4.78 is 16.2. The van der Waals surface area contributed by atoms with E-state index < -0.39 is 10.8 Å². The predicted molar refractivity (Wildman–Crippen MR) is 105 cm³/mol. The summed E-state index contributed by atoms with van der Waals surface area (Å²) in [4.78, 5) is 29.7. The normalized spacial score (nSPS) is 14.4. The van der Waals surface area contributed by atoms with E-state index in [2.05, 4.69) is 4.98 Å². The van der Waals surface area contributed by atoms with Gasteiger partial charge in [-0.15, -0.1) is 0 Å². The lowest BCUT2D eigenvalue weighted by atomic mass is 10.0. The first-order chi connectivity index (χ1) is 13.9. The molecule has 0 aliphatic carbocycles. The molecule has 154 valence electrons. The van der Waals surface area contributed by atoms with Gasteiger partial charge in [0.05, 0.1) is 31.4 Å². The Balaban J connectivity index is 1.71. The predicted octanol–water partition coefficient (Wildman–Crippen LogP) is 3.00. The average Bonchev–Trinajstić information content (AvgIpc) is 2.74. The maximum absolute atomic E-state index is 13.0. The molecule has 2 heterocycles. The van der Waals surface area contributed by atoms with Crippen LogP contribution in [0.5, 0.6) is 17.2 Å². The third-order valence-electron chi connectivity index (χ3n) is 4.85. The highest BCUT2D eigenvalue weighted by Crippen LogP contribution is 2.35. The monoisotopic (exact) mass is 401 g/mol. The molecule has 1 saturated heterocycles. The zero-order valence-electron chi connectivity index (χ0n) is 16.6. The lowest BCUT2D eigenvalue weighted by molar-refractivity contribution is -0.385. The summed E-state index contributed by atoms with van der Waals surface area (Å²) in [6, 6.07) is 6.32. The number of carbonyl (C=O) groups is 1. The molecule has 0 radical (unpaired) electrons. The van der Waals surface area contributed by atoms with E-state index >= 15 is 0 Å². The Kier molecular flexibility index (Phi) is 6.16. The van der Waals surface area contributed by atoms with Crippen LogP contribution in [-0.4, -0.2) is 54.1 Å². The summed E-state index contributed by atoms with van der Waals surface area (Å²) in [7, 11) is 2.80. The Bertz CT molecular complexity index is 892. The molecule has 9 heteroatoms. The van der Waals surface area contributed by atoms with Gasteiger partial charge in [-0.05, 0) is 19.1 Å². The number of amides is 1. The first kappa shape index (κ1) is 20.4. The molecule has 1 aromatic carbocycles. The second kappa shape index (κ2) is 8.76. The molecule has 0 saturated carbocycles. The zero-order chi connectivity index (χ0) is 21.0. The summed E-state index contributed by atoms with van der Waals surface area (Å²) in [5.74, 6) is 0.755. The van der Waals surface area contributed by atoms with Crippen LogP contribution in [0.25, 0.3) is 0 Å². The maximum Gasteiger partial charge on any atom is 0.286 e. The van der Waals surface area contributed by atoms with Crippen LogP contribution < -0.4 is 14.2 Å². The van der Waals surface area contributed by atoms with Crippen LogP contribution in [0.2, 0.25) is 0 Å². The fourth-order valence-electron chi connectivity index (χ4n) is 3.25. The number of piperidine rings is 1. The van der Waals surface area contributed by atoms with Gasteiger partial charge in [0.2, 0.25) is 0 Å². The molecule has 0 spiro atoms. The molecule has 3 rings (SSSR count). The number of nitrogens with zero attached hydrogens (tertiary/aromatic N) is 3. The molecule has 1 amide bonds. The van der Waals surface area contributed by atoms with E-state index in [1.54, 1.807) is 11.1 Å². The molecule has 1 aliphatic rings. The van der Waals surface area contributed by atoms with Gasteiger partial charge >= 0.3 is 0 Å². The van der Waals surface area contributed by atoms with Gasteiger partial charge in [-0.3, -0.25) is 19.9 Å². The van der Waals surface area contributed by atoms with Crippen LogP contribution in [-0.2, 0) is 0 Å². The quantitative estimate of drug-likeness (QED) is 0.541. The van der Waals surface area contributed by atoms with Crippen molar-refractivity contribution >= 4 is 11.6 Å². The van der Waals surface area contributed by atoms with E-state index in [-0.39, 0.29) is 28.9 Å².